The van der Waals surface area contributed by atoms with Crippen molar-refractivity contribution in [2.45, 2.75) is 13.2 Å². The molecule has 1 saturated heterocycles. The first-order valence-corrected chi connectivity index (χ1v) is 10.9. The van der Waals surface area contributed by atoms with Gasteiger partial charge >= 0.3 is 0 Å². The van der Waals surface area contributed by atoms with Crippen molar-refractivity contribution in [1.29, 1.82) is 5.26 Å². The number of ether oxygens (including phenoxy) is 1. The average molecular weight is 461 g/mol. The minimum absolute atomic E-state index is 0.0726. The van der Waals surface area contributed by atoms with Crippen LogP contribution >= 0.6 is 23.4 Å². The molecule has 0 N–H and O–H groups in total. The van der Waals surface area contributed by atoms with Crippen molar-refractivity contribution in [3.63, 3.8) is 0 Å². The van der Waals surface area contributed by atoms with Gasteiger partial charge in [-0.3, -0.25) is 14.5 Å². The number of carbonyl (C=O) groups excluding carboxylic acids is 2. The Labute approximate surface area is 194 Å². The van der Waals surface area contributed by atoms with Crippen LogP contribution in [0, 0.1) is 11.3 Å². The van der Waals surface area contributed by atoms with Crippen LogP contribution in [0.3, 0.4) is 0 Å². The number of imide groups is 1. The van der Waals surface area contributed by atoms with Crippen molar-refractivity contribution in [3.05, 3.63) is 105 Å². The molecule has 0 aliphatic carbocycles. The summed E-state index contributed by atoms with van der Waals surface area (Å²) in [4.78, 5) is 26.7. The van der Waals surface area contributed by atoms with Crippen LogP contribution in [0.2, 0.25) is 5.02 Å². The normalized spacial score (nSPS) is 14.6. The van der Waals surface area contributed by atoms with Crippen LogP contribution in [0.15, 0.2) is 77.7 Å². The van der Waals surface area contributed by atoms with E-state index >= 15 is 0 Å². The second kappa shape index (κ2) is 9.73. The molecule has 0 bridgehead atoms. The van der Waals surface area contributed by atoms with Crippen LogP contribution in [-0.2, 0) is 17.9 Å². The van der Waals surface area contributed by atoms with Gasteiger partial charge in [0.05, 0.1) is 23.1 Å². The molecule has 1 aliphatic rings. The Kier molecular flexibility index (Phi) is 6.60. The summed E-state index contributed by atoms with van der Waals surface area (Å²) in [6.07, 6.45) is 1.68. The van der Waals surface area contributed by atoms with Gasteiger partial charge in [-0.05, 0) is 64.9 Å². The number of hydrogen-bond acceptors (Lipinski definition) is 5. The van der Waals surface area contributed by atoms with E-state index in [0.29, 0.717) is 33.4 Å². The standard InChI is InChI=1S/C25H17ClN2O3S/c26-21-9-5-18(6-10-21)16-31-22-11-7-17(8-12-22)13-23-24(29)28(25(30)32-23)15-20-4-2-1-3-19(20)14-27/h1-13H,15-16H2/b23-13+. The highest BCUT2D eigenvalue weighted by atomic mass is 35.5. The average Bonchev–Trinajstić information content (AvgIpc) is 3.07. The number of amides is 2. The van der Waals surface area contributed by atoms with E-state index in [2.05, 4.69) is 6.07 Å². The molecule has 0 unspecified atom stereocenters. The van der Waals surface area contributed by atoms with Crippen molar-refractivity contribution in [2.24, 2.45) is 0 Å². The van der Waals surface area contributed by atoms with Crippen molar-refractivity contribution in [1.82, 2.24) is 4.90 Å². The fourth-order valence-electron chi connectivity index (χ4n) is 3.13. The van der Waals surface area contributed by atoms with E-state index in [1.165, 1.54) is 0 Å². The number of nitrogens with zero attached hydrogens (tertiary/aromatic N) is 2. The summed E-state index contributed by atoms with van der Waals surface area (Å²) in [5.74, 6) is 0.328. The number of rotatable bonds is 6. The Morgan fingerprint density at radius 2 is 1.72 bits per heavy atom. The van der Waals surface area contributed by atoms with Gasteiger partial charge in [-0.1, -0.05) is 54.1 Å². The minimum Gasteiger partial charge on any atom is -0.489 e. The molecule has 3 aromatic carbocycles. The highest BCUT2D eigenvalue weighted by Crippen LogP contribution is 2.33. The molecule has 0 atom stereocenters. The zero-order valence-electron chi connectivity index (χ0n) is 16.8. The fourth-order valence-corrected chi connectivity index (χ4v) is 4.10. The quantitative estimate of drug-likeness (QED) is 0.420. The van der Waals surface area contributed by atoms with Gasteiger partial charge in [-0.15, -0.1) is 0 Å². The molecule has 4 rings (SSSR count). The molecule has 158 valence electrons. The van der Waals surface area contributed by atoms with Crippen LogP contribution in [0.4, 0.5) is 4.79 Å². The smallest absolute Gasteiger partial charge is 0.293 e. The topological polar surface area (TPSA) is 70.4 Å². The van der Waals surface area contributed by atoms with Gasteiger partial charge in [0.25, 0.3) is 11.1 Å². The van der Waals surface area contributed by atoms with Crippen LogP contribution in [0.5, 0.6) is 5.75 Å². The maximum atomic E-state index is 12.8. The molecule has 1 heterocycles. The molecule has 32 heavy (non-hydrogen) atoms. The molecule has 1 fully saturated rings. The Balaban J connectivity index is 1.42. The predicted octanol–water partition coefficient (Wildman–Crippen LogP) is 6.03. The van der Waals surface area contributed by atoms with Crippen LogP contribution in [0.25, 0.3) is 6.08 Å². The zero-order chi connectivity index (χ0) is 22.5. The lowest BCUT2D eigenvalue weighted by Crippen LogP contribution is -2.27. The summed E-state index contributed by atoms with van der Waals surface area (Å²) in [5.41, 5.74) is 2.88. The summed E-state index contributed by atoms with van der Waals surface area (Å²) in [7, 11) is 0. The molecule has 0 spiro atoms. The molecule has 0 radical (unpaired) electrons. The van der Waals surface area contributed by atoms with E-state index in [1.54, 1.807) is 30.3 Å². The Bertz CT molecular complexity index is 1230. The van der Waals surface area contributed by atoms with Crippen molar-refractivity contribution in [3.8, 4) is 11.8 Å². The largest absolute Gasteiger partial charge is 0.489 e. The second-order valence-electron chi connectivity index (χ2n) is 7.02. The lowest BCUT2D eigenvalue weighted by Gasteiger charge is -2.13. The van der Waals surface area contributed by atoms with E-state index < -0.39 is 0 Å². The predicted molar refractivity (Wildman–Crippen MR) is 125 cm³/mol. The minimum atomic E-state index is -0.365. The summed E-state index contributed by atoms with van der Waals surface area (Å²) in [5, 5.41) is 9.56. The van der Waals surface area contributed by atoms with E-state index in [9.17, 15) is 14.9 Å². The number of nitriles is 1. The first-order chi connectivity index (χ1) is 15.5. The molecule has 2 amide bonds. The van der Waals surface area contributed by atoms with Gasteiger partial charge in [0.2, 0.25) is 0 Å². The molecule has 5 nitrogen and oxygen atoms in total. The van der Waals surface area contributed by atoms with Gasteiger partial charge in [-0.2, -0.15) is 5.26 Å². The van der Waals surface area contributed by atoms with Crippen LogP contribution in [-0.4, -0.2) is 16.0 Å². The third kappa shape index (κ3) is 5.02. The molecule has 1 aliphatic heterocycles. The molecule has 3 aromatic rings. The fraction of sp³-hybridized carbons (Fsp3) is 0.0800. The van der Waals surface area contributed by atoms with Crippen molar-refractivity contribution >= 4 is 40.6 Å². The van der Waals surface area contributed by atoms with Crippen LogP contribution < -0.4 is 4.74 Å². The van der Waals surface area contributed by atoms with Gasteiger partial charge in [0.1, 0.15) is 12.4 Å². The highest BCUT2D eigenvalue weighted by molar-refractivity contribution is 8.18. The van der Waals surface area contributed by atoms with Crippen molar-refractivity contribution in [2.75, 3.05) is 0 Å². The number of thioether (sulfide) groups is 1. The summed E-state index contributed by atoms with van der Waals surface area (Å²) in [6, 6.07) is 23.8. The Hall–Kier alpha value is -3.53. The van der Waals surface area contributed by atoms with E-state index in [0.717, 1.165) is 27.8 Å². The second-order valence-corrected chi connectivity index (χ2v) is 8.45. The number of hydrogen-bond donors (Lipinski definition) is 0. The van der Waals surface area contributed by atoms with Gasteiger partial charge in [0.15, 0.2) is 0 Å². The third-order valence-electron chi connectivity index (χ3n) is 4.84. The van der Waals surface area contributed by atoms with Gasteiger partial charge in [-0.25, -0.2) is 0 Å². The maximum Gasteiger partial charge on any atom is 0.293 e. The number of carbonyl (C=O) groups is 2. The van der Waals surface area contributed by atoms with E-state index in [-0.39, 0.29) is 17.7 Å². The monoisotopic (exact) mass is 460 g/mol. The number of benzene rings is 3. The lowest BCUT2D eigenvalue weighted by molar-refractivity contribution is -0.123. The molecular weight excluding hydrogens is 444 g/mol. The third-order valence-corrected chi connectivity index (χ3v) is 6.00. The summed E-state index contributed by atoms with van der Waals surface area (Å²) >= 11 is 6.79. The Morgan fingerprint density at radius 1 is 1.00 bits per heavy atom. The van der Waals surface area contributed by atoms with E-state index in [1.807, 2.05) is 48.5 Å². The first-order valence-electron chi connectivity index (χ1n) is 9.74. The van der Waals surface area contributed by atoms with E-state index in [4.69, 9.17) is 16.3 Å². The van der Waals surface area contributed by atoms with Gasteiger partial charge in [0, 0.05) is 5.02 Å². The molecule has 7 heteroatoms. The highest BCUT2D eigenvalue weighted by Gasteiger charge is 2.35. The molecule has 0 aromatic heterocycles. The summed E-state index contributed by atoms with van der Waals surface area (Å²) < 4.78 is 5.78. The maximum absolute atomic E-state index is 12.8. The lowest BCUT2D eigenvalue weighted by atomic mass is 10.1. The Morgan fingerprint density at radius 3 is 2.44 bits per heavy atom. The molecular formula is C25H17ClN2O3S. The van der Waals surface area contributed by atoms with Crippen LogP contribution in [0.1, 0.15) is 22.3 Å². The SMILES string of the molecule is N#Cc1ccccc1CN1C(=O)S/C(=C/c2ccc(OCc3ccc(Cl)cc3)cc2)C1=O. The first kappa shape index (κ1) is 21.7. The number of halogens is 1. The summed E-state index contributed by atoms with van der Waals surface area (Å²) in [6.45, 7) is 0.489. The van der Waals surface area contributed by atoms with Crippen molar-refractivity contribution < 1.29 is 14.3 Å². The zero-order valence-corrected chi connectivity index (χ0v) is 18.4. The molecule has 0 saturated carbocycles. The van der Waals surface area contributed by atoms with Gasteiger partial charge < -0.3 is 4.74 Å².